The van der Waals surface area contributed by atoms with Crippen molar-refractivity contribution in [2.45, 2.75) is 12.5 Å². The van der Waals surface area contributed by atoms with Gasteiger partial charge in [-0.2, -0.15) is 0 Å². The predicted molar refractivity (Wildman–Crippen MR) is 76.2 cm³/mol. The molecule has 1 aromatic rings. The number of ether oxygens (including phenoxy) is 1. The molecule has 19 heavy (non-hydrogen) atoms. The van der Waals surface area contributed by atoms with E-state index in [1.54, 1.807) is 6.07 Å². The highest BCUT2D eigenvalue weighted by Crippen LogP contribution is 2.31. The molecule has 0 aromatic heterocycles. The lowest BCUT2D eigenvalue weighted by Crippen LogP contribution is -2.50. The van der Waals surface area contributed by atoms with Gasteiger partial charge in [-0.25, -0.2) is 0 Å². The number of hydrogen-bond acceptors (Lipinski definition) is 3. The van der Waals surface area contributed by atoms with Gasteiger partial charge in [0.1, 0.15) is 5.75 Å². The van der Waals surface area contributed by atoms with Gasteiger partial charge in [-0.05, 0) is 23.8 Å². The second kappa shape index (κ2) is 5.99. The Morgan fingerprint density at radius 3 is 2.95 bits per heavy atom. The summed E-state index contributed by atoms with van der Waals surface area (Å²) < 4.78 is 5.62. The number of rotatable bonds is 3. The minimum absolute atomic E-state index is 0. The van der Waals surface area contributed by atoms with E-state index in [-0.39, 0.29) is 18.3 Å². The number of fused-ring (bicyclic) bond motifs is 1. The number of benzene rings is 1. The average Bonchev–Trinajstić information content (AvgIpc) is 2.69. The van der Waals surface area contributed by atoms with Crippen molar-refractivity contribution in [3.63, 3.8) is 0 Å². The van der Waals surface area contributed by atoms with E-state index in [0.29, 0.717) is 17.4 Å². The summed E-state index contributed by atoms with van der Waals surface area (Å²) in [7, 11) is 0. The van der Waals surface area contributed by atoms with Gasteiger partial charge >= 0.3 is 0 Å². The lowest BCUT2D eigenvalue weighted by molar-refractivity contribution is -0.127. The fourth-order valence-electron chi connectivity index (χ4n) is 2.21. The van der Waals surface area contributed by atoms with Crippen LogP contribution in [0.5, 0.6) is 5.75 Å². The largest absolute Gasteiger partial charge is 0.480 e. The van der Waals surface area contributed by atoms with Gasteiger partial charge in [0.2, 0.25) is 0 Å². The fraction of sp³-hybridized carbons (Fsp3) is 0.462. The minimum Gasteiger partial charge on any atom is -0.480 e. The molecule has 104 valence electrons. The van der Waals surface area contributed by atoms with E-state index in [9.17, 15) is 4.79 Å². The van der Waals surface area contributed by atoms with Crippen molar-refractivity contribution in [1.82, 2.24) is 10.6 Å². The molecule has 1 atom stereocenters. The number of nitrogens with one attached hydrogen (secondary N) is 2. The van der Waals surface area contributed by atoms with Crippen LogP contribution in [-0.4, -0.2) is 31.6 Å². The molecule has 1 saturated heterocycles. The van der Waals surface area contributed by atoms with Crippen molar-refractivity contribution >= 4 is 29.9 Å². The molecule has 0 aliphatic carbocycles. The van der Waals surface area contributed by atoms with Gasteiger partial charge < -0.3 is 15.4 Å². The maximum Gasteiger partial charge on any atom is 0.261 e. The molecule has 1 unspecified atom stereocenters. The molecule has 0 saturated carbocycles. The van der Waals surface area contributed by atoms with Crippen molar-refractivity contribution in [1.29, 1.82) is 0 Å². The normalized spacial score (nSPS) is 20.8. The van der Waals surface area contributed by atoms with Crippen LogP contribution >= 0.6 is 24.0 Å². The van der Waals surface area contributed by atoms with E-state index in [1.165, 1.54) is 0 Å². The lowest BCUT2D eigenvalue weighted by Gasteiger charge is -2.27. The Morgan fingerprint density at radius 1 is 1.47 bits per heavy atom. The Bertz CT molecular complexity index is 478. The van der Waals surface area contributed by atoms with Crippen LogP contribution in [0.2, 0.25) is 5.02 Å². The van der Waals surface area contributed by atoms with Gasteiger partial charge in [-0.3, -0.25) is 4.79 Å². The zero-order chi connectivity index (χ0) is 12.5. The van der Waals surface area contributed by atoms with E-state index in [1.807, 2.05) is 12.1 Å². The quantitative estimate of drug-likeness (QED) is 0.887. The first kappa shape index (κ1) is 14.4. The average molecular weight is 303 g/mol. The molecule has 2 N–H and O–H groups in total. The van der Waals surface area contributed by atoms with E-state index in [4.69, 9.17) is 16.3 Å². The van der Waals surface area contributed by atoms with Crippen LogP contribution in [-0.2, 0) is 11.2 Å². The van der Waals surface area contributed by atoms with Gasteiger partial charge in [0.15, 0.2) is 6.10 Å². The van der Waals surface area contributed by atoms with Crippen molar-refractivity contribution < 1.29 is 9.53 Å². The molecule has 3 rings (SSSR count). The van der Waals surface area contributed by atoms with Crippen LogP contribution in [0.3, 0.4) is 0 Å². The third-order valence-corrected chi connectivity index (χ3v) is 3.66. The van der Waals surface area contributed by atoms with E-state index < -0.39 is 6.10 Å². The van der Waals surface area contributed by atoms with Crippen molar-refractivity contribution in [3.8, 4) is 5.75 Å². The maximum atomic E-state index is 12.0. The fourth-order valence-corrected chi connectivity index (χ4v) is 2.41. The van der Waals surface area contributed by atoms with Crippen LogP contribution in [0.15, 0.2) is 18.2 Å². The molecule has 2 aliphatic rings. The van der Waals surface area contributed by atoms with Crippen LogP contribution < -0.4 is 15.4 Å². The molecule has 1 aromatic carbocycles. The van der Waals surface area contributed by atoms with Gasteiger partial charge in [0.25, 0.3) is 5.91 Å². The van der Waals surface area contributed by atoms with Gasteiger partial charge in [0, 0.05) is 37.0 Å². The Labute approximate surface area is 123 Å². The maximum absolute atomic E-state index is 12.0. The third kappa shape index (κ3) is 3.14. The van der Waals surface area contributed by atoms with Crippen molar-refractivity contribution in [3.05, 3.63) is 28.8 Å². The van der Waals surface area contributed by atoms with E-state index in [2.05, 4.69) is 10.6 Å². The second-order valence-electron chi connectivity index (χ2n) is 4.83. The molecule has 1 amide bonds. The number of amides is 1. The number of hydrogen-bond donors (Lipinski definition) is 2. The van der Waals surface area contributed by atoms with Crippen LogP contribution in [0, 0.1) is 5.92 Å². The standard InChI is InChI=1S/C13H15ClN2O2.ClH/c14-10-1-2-11-9(3-10)4-12(18-11)13(17)16-7-8-5-15-6-8;/h1-3,8,12,15H,4-7H2,(H,16,17);1H. The zero-order valence-electron chi connectivity index (χ0n) is 10.3. The summed E-state index contributed by atoms with van der Waals surface area (Å²) in [5.41, 5.74) is 1.01. The molecule has 1 fully saturated rings. The number of carbonyl (C=O) groups is 1. The summed E-state index contributed by atoms with van der Waals surface area (Å²) in [4.78, 5) is 12.0. The highest BCUT2D eigenvalue weighted by molar-refractivity contribution is 6.30. The van der Waals surface area contributed by atoms with E-state index >= 15 is 0 Å². The highest BCUT2D eigenvalue weighted by Gasteiger charge is 2.29. The molecule has 6 heteroatoms. The molecule has 0 spiro atoms. The Kier molecular flexibility index (Phi) is 4.55. The summed E-state index contributed by atoms with van der Waals surface area (Å²) in [5.74, 6) is 1.30. The van der Waals surface area contributed by atoms with E-state index in [0.717, 1.165) is 30.9 Å². The molecule has 0 bridgehead atoms. The van der Waals surface area contributed by atoms with Gasteiger partial charge in [-0.1, -0.05) is 11.6 Å². The molecule has 2 aliphatic heterocycles. The molecule has 2 heterocycles. The summed E-state index contributed by atoms with van der Waals surface area (Å²) in [6, 6.07) is 5.46. The first-order valence-corrected chi connectivity index (χ1v) is 6.53. The summed E-state index contributed by atoms with van der Waals surface area (Å²) in [6.07, 6.45) is 0.191. The Balaban J connectivity index is 0.00000133. The third-order valence-electron chi connectivity index (χ3n) is 3.42. The predicted octanol–water partition coefficient (Wildman–Crippen LogP) is 1.40. The van der Waals surface area contributed by atoms with Gasteiger partial charge in [-0.15, -0.1) is 12.4 Å². The SMILES string of the molecule is Cl.O=C(NCC1CNC1)C1Cc2cc(Cl)ccc2O1. The Morgan fingerprint density at radius 2 is 2.26 bits per heavy atom. The minimum atomic E-state index is -0.411. The summed E-state index contributed by atoms with van der Waals surface area (Å²) in [5, 5.41) is 6.80. The van der Waals surface area contributed by atoms with Crippen LogP contribution in [0.25, 0.3) is 0 Å². The molecular formula is C13H16Cl2N2O2. The summed E-state index contributed by atoms with van der Waals surface area (Å²) >= 11 is 5.92. The molecule has 4 nitrogen and oxygen atoms in total. The lowest BCUT2D eigenvalue weighted by atomic mass is 10.0. The van der Waals surface area contributed by atoms with Gasteiger partial charge in [0.05, 0.1) is 0 Å². The summed E-state index contributed by atoms with van der Waals surface area (Å²) in [6.45, 7) is 2.70. The first-order chi connectivity index (χ1) is 8.72. The highest BCUT2D eigenvalue weighted by atomic mass is 35.5. The Hall–Kier alpha value is -0.970. The van der Waals surface area contributed by atoms with Crippen molar-refractivity contribution in [2.75, 3.05) is 19.6 Å². The number of carbonyl (C=O) groups excluding carboxylic acids is 1. The van der Waals surface area contributed by atoms with Crippen LogP contribution in [0.1, 0.15) is 5.56 Å². The monoisotopic (exact) mass is 302 g/mol. The second-order valence-corrected chi connectivity index (χ2v) is 5.27. The molecular weight excluding hydrogens is 287 g/mol. The smallest absolute Gasteiger partial charge is 0.261 e. The van der Waals surface area contributed by atoms with Crippen LogP contribution in [0.4, 0.5) is 0 Å². The zero-order valence-corrected chi connectivity index (χ0v) is 11.9. The molecule has 0 radical (unpaired) electrons. The topological polar surface area (TPSA) is 50.4 Å². The first-order valence-electron chi connectivity index (χ1n) is 6.16. The number of halogens is 2. The van der Waals surface area contributed by atoms with Crippen molar-refractivity contribution in [2.24, 2.45) is 5.92 Å².